The largest absolute Gasteiger partial charge is 0.392 e. The van der Waals surface area contributed by atoms with Crippen LogP contribution < -0.4 is 0 Å². The Hall–Kier alpha value is -1.67. The lowest BCUT2D eigenvalue weighted by Crippen LogP contribution is -2.04. The lowest BCUT2D eigenvalue weighted by atomic mass is 9.94. The summed E-state index contributed by atoms with van der Waals surface area (Å²) in [5, 5.41) is 9.00. The number of hydrogen-bond acceptors (Lipinski definition) is 1. The van der Waals surface area contributed by atoms with Gasteiger partial charge in [-0.15, -0.1) is 0 Å². The van der Waals surface area contributed by atoms with Gasteiger partial charge in [0.2, 0.25) is 0 Å². The molecular formula is C17H19FO. The predicted molar refractivity (Wildman–Crippen MR) is 75.3 cm³/mol. The number of hydrogen-bond donors (Lipinski definition) is 1. The molecule has 100 valence electrons. The minimum atomic E-state index is -0.184. The van der Waals surface area contributed by atoms with E-state index in [2.05, 4.69) is 19.1 Å². The van der Waals surface area contributed by atoms with Crippen LogP contribution in [-0.2, 0) is 19.4 Å². The second kappa shape index (κ2) is 6.48. The average molecular weight is 258 g/mol. The molecule has 2 rings (SSSR count). The monoisotopic (exact) mass is 258 g/mol. The standard InChI is InChI=1S/C17H19FO/c1-13(11-15-6-8-17(18)9-7-15)10-14-2-4-16(12-19)5-3-14/h2-9,13,19H,10-12H2,1H3. The molecule has 0 aliphatic carbocycles. The van der Waals surface area contributed by atoms with Gasteiger partial charge in [-0.05, 0) is 47.6 Å². The van der Waals surface area contributed by atoms with E-state index in [1.54, 1.807) is 0 Å². The zero-order chi connectivity index (χ0) is 13.7. The smallest absolute Gasteiger partial charge is 0.123 e. The minimum absolute atomic E-state index is 0.0887. The highest BCUT2D eigenvalue weighted by Gasteiger charge is 2.05. The molecule has 19 heavy (non-hydrogen) atoms. The number of aliphatic hydroxyl groups is 1. The third kappa shape index (κ3) is 4.18. The molecule has 1 nitrogen and oxygen atoms in total. The Morgan fingerprint density at radius 2 is 1.26 bits per heavy atom. The highest BCUT2D eigenvalue weighted by molar-refractivity contribution is 5.23. The Labute approximate surface area is 113 Å². The van der Waals surface area contributed by atoms with Gasteiger partial charge in [0.25, 0.3) is 0 Å². The molecule has 0 amide bonds. The molecule has 0 spiro atoms. The van der Waals surface area contributed by atoms with E-state index in [0.29, 0.717) is 5.92 Å². The maximum Gasteiger partial charge on any atom is 0.123 e. The molecule has 0 saturated heterocycles. The van der Waals surface area contributed by atoms with Gasteiger partial charge in [0.1, 0.15) is 5.82 Å². The summed E-state index contributed by atoms with van der Waals surface area (Å²) < 4.78 is 12.8. The molecule has 2 aromatic rings. The van der Waals surface area contributed by atoms with Gasteiger partial charge in [-0.2, -0.15) is 0 Å². The number of halogens is 1. The summed E-state index contributed by atoms with van der Waals surface area (Å²) >= 11 is 0. The average Bonchev–Trinajstić information content (AvgIpc) is 2.42. The maximum absolute atomic E-state index is 12.8. The summed E-state index contributed by atoms with van der Waals surface area (Å²) in [5.41, 5.74) is 3.38. The van der Waals surface area contributed by atoms with Gasteiger partial charge in [-0.1, -0.05) is 43.3 Å². The Kier molecular flexibility index (Phi) is 4.69. The van der Waals surface area contributed by atoms with Crippen LogP contribution in [0.15, 0.2) is 48.5 Å². The van der Waals surface area contributed by atoms with Gasteiger partial charge in [0.15, 0.2) is 0 Å². The summed E-state index contributed by atoms with van der Waals surface area (Å²) in [7, 11) is 0. The number of rotatable bonds is 5. The van der Waals surface area contributed by atoms with Crippen LogP contribution in [0.25, 0.3) is 0 Å². The van der Waals surface area contributed by atoms with Crippen LogP contribution in [0.4, 0.5) is 4.39 Å². The molecule has 0 aliphatic heterocycles. The molecule has 0 bridgehead atoms. The van der Waals surface area contributed by atoms with Gasteiger partial charge in [-0.3, -0.25) is 0 Å². The first-order chi connectivity index (χ1) is 9.17. The molecule has 0 radical (unpaired) electrons. The molecule has 1 unspecified atom stereocenters. The van der Waals surface area contributed by atoms with Crippen LogP contribution in [0, 0.1) is 11.7 Å². The zero-order valence-corrected chi connectivity index (χ0v) is 11.1. The molecule has 0 fully saturated rings. The Morgan fingerprint density at radius 3 is 1.74 bits per heavy atom. The quantitative estimate of drug-likeness (QED) is 0.866. The number of benzene rings is 2. The third-order valence-electron chi connectivity index (χ3n) is 3.29. The zero-order valence-electron chi connectivity index (χ0n) is 11.1. The first-order valence-corrected chi connectivity index (χ1v) is 6.60. The Morgan fingerprint density at radius 1 is 0.842 bits per heavy atom. The van der Waals surface area contributed by atoms with E-state index in [1.165, 1.54) is 23.3 Å². The summed E-state index contributed by atoms with van der Waals surface area (Å²) in [4.78, 5) is 0. The molecule has 2 aromatic carbocycles. The molecule has 0 saturated carbocycles. The number of aliphatic hydroxyl groups excluding tert-OH is 1. The van der Waals surface area contributed by atoms with E-state index in [-0.39, 0.29) is 12.4 Å². The minimum Gasteiger partial charge on any atom is -0.392 e. The van der Waals surface area contributed by atoms with Gasteiger partial charge in [-0.25, -0.2) is 4.39 Å². The van der Waals surface area contributed by atoms with Crippen LogP contribution >= 0.6 is 0 Å². The van der Waals surface area contributed by atoms with Crippen LogP contribution in [-0.4, -0.2) is 5.11 Å². The van der Waals surface area contributed by atoms with Crippen LogP contribution in [0.5, 0.6) is 0 Å². The van der Waals surface area contributed by atoms with Crippen molar-refractivity contribution >= 4 is 0 Å². The van der Waals surface area contributed by atoms with E-state index in [4.69, 9.17) is 5.11 Å². The molecular weight excluding hydrogens is 239 g/mol. The van der Waals surface area contributed by atoms with Crippen molar-refractivity contribution in [3.05, 3.63) is 71.0 Å². The van der Waals surface area contributed by atoms with Crippen LogP contribution in [0.2, 0.25) is 0 Å². The predicted octanol–water partition coefficient (Wildman–Crippen LogP) is 3.74. The maximum atomic E-state index is 12.8. The molecule has 0 aromatic heterocycles. The van der Waals surface area contributed by atoms with Gasteiger partial charge >= 0.3 is 0 Å². The fourth-order valence-corrected chi connectivity index (χ4v) is 2.28. The van der Waals surface area contributed by atoms with Gasteiger partial charge in [0, 0.05) is 0 Å². The topological polar surface area (TPSA) is 20.2 Å². The molecule has 0 aliphatic rings. The van der Waals surface area contributed by atoms with Crippen molar-refractivity contribution in [1.29, 1.82) is 0 Å². The summed E-state index contributed by atoms with van der Waals surface area (Å²) in [6.07, 6.45) is 1.94. The van der Waals surface area contributed by atoms with E-state index >= 15 is 0 Å². The van der Waals surface area contributed by atoms with E-state index in [9.17, 15) is 4.39 Å². The molecule has 0 heterocycles. The van der Waals surface area contributed by atoms with Gasteiger partial charge in [0.05, 0.1) is 6.61 Å². The summed E-state index contributed by atoms with van der Waals surface area (Å²) in [6, 6.07) is 14.8. The highest BCUT2D eigenvalue weighted by Crippen LogP contribution is 2.15. The third-order valence-corrected chi connectivity index (χ3v) is 3.29. The van der Waals surface area contributed by atoms with E-state index < -0.39 is 0 Å². The second-order valence-corrected chi connectivity index (χ2v) is 5.11. The van der Waals surface area contributed by atoms with Gasteiger partial charge < -0.3 is 5.11 Å². The Balaban J connectivity index is 1.92. The first kappa shape index (κ1) is 13.8. The van der Waals surface area contributed by atoms with Crippen molar-refractivity contribution in [2.75, 3.05) is 0 Å². The van der Waals surface area contributed by atoms with Crippen molar-refractivity contribution in [3.8, 4) is 0 Å². The van der Waals surface area contributed by atoms with E-state index in [1.807, 2.05) is 24.3 Å². The fourth-order valence-electron chi connectivity index (χ4n) is 2.28. The van der Waals surface area contributed by atoms with Crippen molar-refractivity contribution in [1.82, 2.24) is 0 Å². The molecule has 1 atom stereocenters. The SMILES string of the molecule is CC(Cc1ccc(F)cc1)Cc1ccc(CO)cc1. The van der Waals surface area contributed by atoms with Crippen LogP contribution in [0.1, 0.15) is 23.6 Å². The summed E-state index contributed by atoms with van der Waals surface area (Å²) in [5.74, 6) is 0.321. The summed E-state index contributed by atoms with van der Waals surface area (Å²) in [6.45, 7) is 2.29. The lowest BCUT2D eigenvalue weighted by Gasteiger charge is -2.12. The second-order valence-electron chi connectivity index (χ2n) is 5.11. The lowest BCUT2D eigenvalue weighted by molar-refractivity contribution is 0.282. The van der Waals surface area contributed by atoms with Crippen molar-refractivity contribution in [3.63, 3.8) is 0 Å². The fraction of sp³-hybridized carbons (Fsp3) is 0.294. The Bertz CT molecular complexity index is 502. The molecule has 2 heteroatoms. The van der Waals surface area contributed by atoms with Crippen molar-refractivity contribution in [2.24, 2.45) is 5.92 Å². The normalized spacial score (nSPS) is 12.4. The van der Waals surface area contributed by atoms with Crippen molar-refractivity contribution in [2.45, 2.75) is 26.4 Å². The molecule has 1 N–H and O–H groups in total. The highest BCUT2D eigenvalue weighted by atomic mass is 19.1. The first-order valence-electron chi connectivity index (χ1n) is 6.60. The van der Waals surface area contributed by atoms with E-state index in [0.717, 1.165) is 18.4 Å². The van der Waals surface area contributed by atoms with Crippen LogP contribution in [0.3, 0.4) is 0 Å². The van der Waals surface area contributed by atoms with Crippen molar-refractivity contribution < 1.29 is 9.50 Å².